The standard InChI is InChI=1S/C21H25F3N6O3.2CH4.2H2S/c1-10-16-18(30(3)17(11(2)32-4)19(31)29-16)28-15(27-10)7-12-5-13(6-12)33-14-8-25-20(26-9-14)21(22,23)24;;;;/h8-9,11-13,17H,5-7H2,1-4H3,(H,29,31);2*1H4;2*1H2/t11-,12?,13?,17-;;;;/m0..../s1. The van der Waals surface area contributed by atoms with E-state index in [-0.39, 0.29) is 71.6 Å². The number of alkyl halides is 3. The van der Waals surface area contributed by atoms with Gasteiger partial charge in [0.25, 0.3) is 0 Å². The van der Waals surface area contributed by atoms with Crippen molar-refractivity contribution in [1.82, 2.24) is 19.9 Å². The van der Waals surface area contributed by atoms with Gasteiger partial charge >= 0.3 is 6.18 Å². The molecule has 4 rings (SSSR count). The molecule has 14 heteroatoms. The van der Waals surface area contributed by atoms with Gasteiger partial charge in [0.1, 0.15) is 17.6 Å². The van der Waals surface area contributed by atoms with Gasteiger partial charge in [0, 0.05) is 20.6 Å². The highest BCUT2D eigenvalue weighted by Crippen LogP contribution is 2.36. The van der Waals surface area contributed by atoms with E-state index in [0.717, 1.165) is 25.2 Å². The normalized spacial score (nSPS) is 20.9. The number of rotatable bonds is 6. The Labute approximate surface area is 229 Å². The van der Waals surface area contributed by atoms with Crippen LogP contribution in [0.5, 0.6) is 5.75 Å². The molecule has 0 saturated heterocycles. The van der Waals surface area contributed by atoms with Crippen LogP contribution in [0.25, 0.3) is 0 Å². The summed E-state index contributed by atoms with van der Waals surface area (Å²) in [7, 11) is 3.37. The molecule has 9 nitrogen and oxygen atoms in total. The number of likely N-dealkylation sites (N-methyl/N-ethyl adjacent to an activating group) is 1. The monoisotopic (exact) mass is 566 g/mol. The number of amides is 1. The van der Waals surface area contributed by atoms with Crippen molar-refractivity contribution in [3.8, 4) is 5.75 Å². The first-order valence-electron chi connectivity index (χ1n) is 10.6. The van der Waals surface area contributed by atoms with E-state index in [1.807, 2.05) is 25.8 Å². The summed E-state index contributed by atoms with van der Waals surface area (Å²) in [5, 5.41) is 2.89. The average Bonchev–Trinajstić information content (AvgIpc) is 2.72. The average molecular weight is 567 g/mol. The smallest absolute Gasteiger partial charge is 0.451 e. The Morgan fingerprint density at radius 3 is 2.30 bits per heavy atom. The molecule has 0 aromatic carbocycles. The van der Waals surface area contributed by atoms with Crippen molar-refractivity contribution in [2.45, 2.75) is 72.4 Å². The van der Waals surface area contributed by atoms with Gasteiger partial charge in [0.2, 0.25) is 11.7 Å². The zero-order chi connectivity index (χ0) is 23.9. The number of methoxy groups -OCH3 is 1. The second-order valence-corrected chi connectivity index (χ2v) is 8.43. The molecule has 2 atom stereocenters. The van der Waals surface area contributed by atoms with Crippen LogP contribution in [0.15, 0.2) is 12.4 Å². The fraction of sp³-hybridized carbons (Fsp3) is 0.609. The van der Waals surface area contributed by atoms with E-state index in [9.17, 15) is 18.0 Å². The molecule has 37 heavy (non-hydrogen) atoms. The fourth-order valence-corrected chi connectivity index (χ4v) is 4.18. The topological polar surface area (TPSA) is 102 Å². The number of carbonyl (C=O) groups is 1. The summed E-state index contributed by atoms with van der Waals surface area (Å²) in [6.07, 6.45) is -0.868. The molecule has 1 amide bonds. The minimum absolute atomic E-state index is 0. The Balaban J connectivity index is 0.00000324. The lowest BCUT2D eigenvalue weighted by Crippen LogP contribution is -2.53. The molecule has 0 unspecified atom stereocenters. The first-order valence-corrected chi connectivity index (χ1v) is 10.6. The van der Waals surface area contributed by atoms with Crippen molar-refractivity contribution >= 4 is 44.4 Å². The van der Waals surface area contributed by atoms with Crippen LogP contribution < -0.4 is 15.0 Å². The first kappa shape index (κ1) is 34.7. The highest BCUT2D eigenvalue weighted by molar-refractivity contribution is 7.59. The maximum absolute atomic E-state index is 12.6. The predicted molar refractivity (Wildman–Crippen MR) is 146 cm³/mol. The summed E-state index contributed by atoms with van der Waals surface area (Å²) in [5.41, 5.74) is 1.29. The largest absolute Gasteiger partial charge is 0.487 e. The number of fused-ring (bicyclic) bond motifs is 1. The van der Waals surface area contributed by atoms with Crippen LogP contribution in [-0.4, -0.2) is 58.3 Å². The first-order chi connectivity index (χ1) is 15.6. The van der Waals surface area contributed by atoms with Crippen LogP contribution in [0.2, 0.25) is 0 Å². The van der Waals surface area contributed by atoms with E-state index in [0.29, 0.717) is 29.4 Å². The number of hydrogen-bond acceptors (Lipinski definition) is 8. The van der Waals surface area contributed by atoms with Gasteiger partial charge in [0.15, 0.2) is 11.6 Å². The minimum atomic E-state index is -4.58. The second-order valence-electron chi connectivity index (χ2n) is 8.43. The van der Waals surface area contributed by atoms with Gasteiger partial charge < -0.3 is 19.7 Å². The Morgan fingerprint density at radius 1 is 1.16 bits per heavy atom. The lowest BCUT2D eigenvalue weighted by Gasteiger charge is -2.38. The third kappa shape index (κ3) is 7.38. The summed E-state index contributed by atoms with van der Waals surface area (Å²) in [6.45, 7) is 3.66. The Hall–Kier alpha value is -2.32. The predicted octanol–water partition coefficient (Wildman–Crippen LogP) is 4.28. The van der Waals surface area contributed by atoms with E-state index in [1.54, 1.807) is 7.11 Å². The molecule has 1 N–H and O–H groups in total. The van der Waals surface area contributed by atoms with Crippen LogP contribution in [0.4, 0.5) is 24.7 Å². The number of ether oxygens (including phenoxy) is 2. The number of aromatic nitrogens is 4. The number of anilines is 2. The SMILES string of the molecule is C.C.CO[C@@H](C)[C@H]1C(=O)Nc2c(C)nc(CC3CC(Oc4cnc(C(F)(F)F)nc4)C3)nc2N1C.S.S. The highest BCUT2D eigenvalue weighted by Gasteiger charge is 2.38. The highest BCUT2D eigenvalue weighted by atomic mass is 32.1. The van der Waals surface area contributed by atoms with E-state index < -0.39 is 18.0 Å². The summed E-state index contributed by atoms with van der Waals surface area (Å²) in [6, 6.07) is -0.503. The van der Waals surface area contributed by atoms with Crippen molar-refractivity contribution in [2.24, 2.45) is 5.92 Å². The third-order valence-electron chi connectivity index (χ3n) is 6.05. The van der Waals surface area contributed by atoms with Crippen molar-refractivity contribution in [3.63, 3.8) is 0 Å². The third-order valence-corrected chi connectivity index (χ3v) is 6.05. The van der Waals surface area contributed by atoms with Gasteiger partial charge in [-0.15, -0.1) is 0 Å². The van der Waals surface area contributed by atoms with Crippen molar-refractivity contribution < 1.29 is 27.4 Å². The lowest BCUT2D eigenvalue weighted by atomic mass is 9.80. The van der Waals surface area contributed by atoms with Crippen LogP contribution in [-0.2, 0) is 22.1 Å². The molecule has 1 aliphatic heterocycles. The molecule has 1 aliphatic carbocycles. The molecule has 2 aromatic heterocycles. The number of nitrogens with zero attached hydrogens (tertiary/aromatic N) is 5. The molecule has 1 saturated carbocycles. The Morgan fingerprint density at radius 2 is 1.76 bits per heavy atom. The Kier molecular flexibility index (Phi) is 12.6. The fourth-order valence-electron chi connectivity index (χ4n) is 4.18. The molecule has 210 valence electrons. The molecule has 0 radical (unpaired) electrons. The van der Waals surface area contributed by atoms with Gasteiger partial charge in [-0.25, -0.2) is 19.9 Å². The van der Waals surface area contributed by atoms with Crippen LogP contribution in [0.3, 0.4) is 0 Å². The van der Waals surface area contributed by atoms with Crippen LogP contribution in [0, 0.1) is 12.8 Å². The van der Waals surface area contributed by atoms with Gasteiger partial charge in [-0.1, -0.05) is 14.9 Å². The quantitative estimate of drug-likeness (QED) is 0.553. The minimum Gasteiger partial charge on any atom is -0.487 e. The lowest BCUT2D eigenvalue weighted by molar-refractivity contribution is -0.145. The molecule has 3 heterocycles. The maximum atomic E-state index is 12.6. The number of hydrogen-bond donors (Lipinski definition) is 1. The van der Waals surface area contributed by atoms with E-state index in [2.05, 4.69) is 20.3 Å². The zero-order valence-electron chi connectivity index (χ0n) is 19.7. The summed E-state index contributed by atoms with van der Waals surface area (Å²) in [4.78, 5) is 30.2. The molecular weight excluding hydrogens is 529 g/mol. The number of aryl methyl sites for hydroxylation is 1. The molecule has 1 fully saturated rings. The summed E-state index contributed by atoms with van der Waals surface area (Å²) in [5.74, 6) is 0.456. The van der Waals surface area contributed by atoms with Crippen LogP contribution >= 0.6 is 27.0 Å². The van der Waals surface area contributed by atoms with Crippen LogP contribution in [0.1, 0.15) is 52.0 Å². The molecule has 0 bridgehead atoms. The van der Waals surface area contributed by atoms with Gasteiger partial charge in [0.05, 0.1) is 30.3 Å². The number of nitrogens with one attached hydrogen (secondary N) is 1. The second kappa shape index (κ2) is 13.5. The van der Waals surface area contributed by atoms with Gasteiger partial charge in [-0.05, 0) is 32.6 Å². The summed E-state index contributed by atoms with van der Waals surface area (Å²) < 4.78 is 48.7. The van der Waals surface area contributed by atoms with Gasteiger partial charge in [-0.2, -0.15) is 40.2 Å². The zero-order valence-corrected chi connectivity index (χ0v) is 21.7. The Bertz CT molecular complexity index is 1040. The van der Waals surface area contributed by atoms with Gasteiger partial charge in [-0.3, -0.25) is 4.79 Å². The van der Waals surface area contributed by atoms with Crippen molar-refractivity contribution in [1.29, 1.82) is 0 Å². The molecule has 2 aliphatic rings. The van der Waals surface area contributed by atoms with Crippen molar-refractivity contribution in [3.05, 3.63) is 29.7 Å². The van der Waals surface area contributed by atoms with Crippen molar-refractivity contribution in [2.75, 3.05) is 24.4 Å². The molecule has 2 aromatic rings. The van der Waals surface area contributed by atoms with E-state index in [1.165, 1.54) is 0 Å². The number of carbonyl (C=O) groups excluding carboxylic acids is 1. The molecular formula is C23H37F3N6O3S2. The maximum Gasteiger partial charge on any atom is 0.451 e. The molecule has 0 spiro atoms. The summed E-state index contributed by atoms with van der Waals surface area (Å²) >= 11 is 0. The van der Waals surface area contributed by atoms with E-state index >= 15 is 0 Å². The number of halogens is 3. The van der Waals surface area contributed by atoms with E-state index in [4.69, 9.17) is 14.5 Å².